The zero-order valence-electron chi connectivity index (χ0n) is 16.5. The van der Waals surface area contributed by atoms with E-state index in [2.05, 4.69) is 6.92 Å². The van der Waals surface area contributed by atoms with Gasteiger partial charge in [-0.05, 0) is 41.0 Å². The summed E-state index contributed by atoms with van der Waals surface area (Å²) in [6.07, 6.45) is 2.32. The Kier molecular flexibility index (Phi) is 20.7. The molecule has 24 heavy (non-hydrogen) atoms. The number of hydrogen-bond acceptors (Lipinski definition) is 6. The third-order valence-corrected chi connectivity index (χ3v) is 3.10. The molecular formula is C18H40O6. The van der Waals surface area contributed by atoms with Crippen LogP contribution in [0.25, 0.3) is 0 Å². The SMILES string of the molecule is CCCCOC(C)COC(C)CO.CCOC(C)COC(C)CO. The average molecular weight is 353 g/mol. The van der Waals surface area contributed by atoms with E-state index in [0.29, 0.717) is 19.8 Å². The minimum absolute atomic E-state index is 0.0683. The Morgan fingerprint density at radius 1 is 0.667 bits per heavy atom. The highest BCUT2D eigenvalue weighted by atomic mass is 16.5. The normalized spacial score (nSPS) is 16.0. The first kappa shape index (κ1) is 26.0. The average Bonchev–Trinajstić information content (AvgIpc) is 2.58. The molecule has 0 aliphatic carbocycles. The van der Waals surface area contributed by atoms with Crippen LogP contribution in [0.3, 0.4) is 0 Å². The Balaban J connectivity index is 0. The standard InChI is InChI=1S/C10H22O3.C8H18O3/c1-4-5-6-12-10(3)8-13-9(2)7-11;1-4-10-8(3)6-11-7(2)5-9/h9-11H,4-8H2,1-3H3;7-9H,4-6H2,1-3H3. The molecule has 2 N–H and O–H groups in total. The summed E-state index contributed by atoms with van der Waals surface area (Å²) in [5, 5.41) is 17.3. The van der Waals surface area contributed by atoms with Gasteiger partial charge in [-0.1, -0.05) is 13.3 Å². The topological polar surface area (TPSA) is 77.4 Å². The van der Waals surface area contributed by atoms with E-state index >= 15 is 0 Å². The molecule has 0 aliphatic heterocycles. The van der Waals surface area contributed by atoms with Crippen LogP contribution in [-0.2, 0) is 18.9 Å². The minimum atomic E-state index is -0.0859. The monoisotopic (exact) mass is 352 g/mol. The second kappa shape index (κ2) is 19.1. The van der Waals surface area contributed by atoms with Crippen molar-refractivity contribution in [1.29, 1.82) is 0 Å². The maximum atomic E-state index is 8.70. The molecule has 0 saturated heterocycles. The third kappa shape index (κ3) is 19.8. The predicted octanol–water partition coefficient (Wildman–Crippen LogP) is 2.40. The quantitative estimate of drug-likeness (QED) is 0.468. The fourth-order valence-corrected chi connectivity index (χ4v) is 1.51. The van der Waals surface area contributed by atoms with E-state index in [9.17, 15) is 0 Å². The first-order valence-corrected chi connectivity index (χ1v) is 9.09. The van der Waals surface area contributed by atoms with Gasteiger partial charge in [0.1, 0.15) is 0 Å². The van der Waals surface area contributed by atoms with Gasteiger partial charge in [0.15, 0.2) is 0 Å². The zero-order chi connectivity index (χ0) is 18.8. The summed E-state index contributed by atoms with van der Waals surface area (Å²) < 4.78 is 21.2. The Morgan fingerprint density at radius 2 is 1.12 bits per heavy atom. The van der Waals surface area contributed by atoms with Crippen molar-refractivity contribution in [3.63, 3.8) is 0 Å². The minimum Gasteiger partial charge on any atom is -0.394 e. The van der Waals surface area contributed by atoms with Crippen molar-refractivity contribution < 1.29 is 29.2 Å². The van der Waals surface area contributed by atoms with E-state index in [1.807, 2.05) is 34.6 Å². The van der Waals surface area contributed by atoms with Crippen LogP contribution in [0.1, 0.15) is 54.4 Å². The van der Waals surface area contributed by atoms with Gasteiger partial charge in [0.2, 0.25) is 0 Å². The molecule has 0 spiro atoms. The van der Waals surface area contributed by atoms with E-state index in [-0.39, 0.29) is 37.6 Å². The van der Waals surface area contributed by atoms with Gasteiger partial charge >= 0.3 is 0 Å². The van der Waals surface area contributed by atoms with Gasteiger partial charge in [-0.25, -0.2) is 0 Å². The number of aliphatic hydroxyl groups is 2. The molecule has 0 aromatic heterocycles. The molecule has 148 valence electrons. The number of unbranched alkanes of at least 4 members (excludes halogenated alkanes) is 1. The van der Waals surface area contributed by atoms with Gasteiger partial charge in [-0.3, -0.25) is 0 Å². The first-order valence-electron chi connectivity index (χ1n) is 9.09. The molecule has 0 amide bonds. The summed E-state index contributed by atoms with van der Waals surface area (Å²) >= 11 is 0. The van der Waals surface area contributed by atoms with Crippen molar-refractivity contribution in [2.24, 2.45) is 0 Å². The molecule has 4 atom stereocenters. The van der Waals surface area contributed by atoms with Crippen LogP contribution < -0.4 is 0 Å². The molecule has 0 aromatic carbocycles. The van der Waals surface area contributed by atoms with Gasteiger partial charge < -0.3 is 29.2 Å². The highest BCUT2D eigenvalue weighted by molar-refractivity contribution is 4.51. The summed E-state index contributed by atoms with van der Waals surface area (Å²) in [7, 11) is 0. The molecule has 0 saturated carbocycles. The van der Waals surface area contributed by atoms with E-state index in [4.69, 9.17) is 29.2 Å². The lowest BCUT2D eigenvalue weighted by atomic mass is 10.3. The number of hydrogen-bond donors (Lipinski definition) is 2. The molecule has 0 heterocycles. The van der Waals surface area contributed by atoms with Crippen molar-refractivity contribution in [2.45, 2.75) is 78.8 Å². The first-order chi connectivity index (χ1) is 11.4. The van der Waals surface area contributed by atoms with Gasteiger partial charge in [0, 0.05) is 13.2 Å². The van der Waals surface area contributed by atoms with Crippen molar-refractivity contribution in [2.75, 3.05) is 39.6 Å². The lowest BCUT2D eigenvalue weighted by Crippen LogP contribution is -2.22. The number of ether oxygens (including phenoxy) is 4. The molecule has 0 fully saturated rings. The Labute approximate surface area is 148 Å². The van der Waals surface area contributed by atoms with Crippen LogP contribution in [0.2, 0.25) is 0 Å². The molecule has 0 aromatic rings. The van der Waals surface area contributed by atoms with E-state index in [0.717, 1.165) is 19.4 Å². The number of aliphatic hydroxyl groups excluding tert-OH is 2. The van der Waals surface area contributed by atoms with Gasteiger partial charge in [0.25, 0.3) is 0 Å². The van der Waals surface area contributed by atoms with Crippen LogP contribution >= 0.6 is 0 Å². The third-order valence-electron chi connectivity index (χ3n) is 3.10. The van der Waals surface area contributed by atoms with Crippen LogP contribution in [0.15, 0.2) is 0 Å². The molecule has 0 aliphatic rings. The maximum Gasteiger partial charge on any atom is 0.0780 e. The van der Waals surface area contributed by atoms with Gasteiger partial charge in [-0.2, -0.15) is 0 Å². The highest BCUT2D eigenvalue weighted by Gasteiger charge is 2.05. The molecule has 4 unspecified atom stereocenters. The lowest BCUT2D eigenvalue weighted by Gasteiger charge is -2.15. The molecule has 6 heteroatoms. The Hall–Kier alpha value is -0.240. The molecule has 0 radical (unpaired) electrons. The molecule has 0 bridgehead atoms. The summed E-state index contributed by atoms with van der Waals surface area (Å²) in [6, 6.07) is 0. The molecule has 6 nitrogen and oxygen atoms in total. The second-order valence-electron chi connectivity index (χ2n) is 5.95. The highest BCUT2D eigenvalue weighted by Crippen LogP contribution is 1.98. The van der Waals surface area contributed by atoms with Gasteiger partial charge in [-0.15, -0.1) is 0 Å². The Morgan fingerprint density at radius 3 is 1.50 bits per heavy atom. The smallest absolute Gasteiger partial charge is 0.0780 e. The van der Waals surface area contributed by atoms with E-state index < -0.39 is 0 Å². The number of rotatable bonds is 14. The van der Waals surface area contributed by atoms with Crippen molar-refractivity contribution in [3.8, 4) is 0 Å². The summed E-state index contributed by atoms with van der Waals surface area (Å²) in [4.78, 5) is 0. The summed E-state index contributed by atoms with van der Waals surface area (Å²) in [6.45, 7) is 14.5. The van der Waals surface area contributed by atoms with Crippen LogP contribution in [0.5, 0.6) is 0 Å². The van der Waals surface area contributed by atoms with Crippen LogP contribution in [0, 0.1) is 0 Å². The fraction of sp³-hybridized carbons (Fsp3) is 1.00. The lowest BCUT2D eigenvalue weighted by molar-refractivity contribution is -0.0457. The van der Waals surface area contributed by atoms with Gasteiger partial charge in [0.05, 0.1) is 50.8 Å². The summed E-state index contributed by atoms with van der Waals surface area (Å²) in [5.74, 6) is 0. The van der Waals surface area contributed by atoms with Crippen LogP contribution in [0.4, 0.5) is 0 Å². The van der Waals surface area contributed by atoms with Crippen molar-refractivity contribution in [3.05, 3.63) is 0 Å². The van der Waals surface area contributed by atoms with Crippen molar-refractivity contribution in [1.82, 2.24) is 0 Å². The fourth-order valence-electron chi connectivity index (χ4n) is 1.51. The van der Waals surface area contributed by atoms with E-state index in [1.165, 1.54) is 0 Å². The largest absolute Gasteiger partial charge is 0.394 e. The van der Waals surface area contributed by atoms with E-state index in [1.54, 1.807) is 0 Å². The maximum absolute atomic E-state index is 8.70. The Bertz CT molecular complexity index is 240. The van der Waals surface area contributed by atoms with Crippen LogP contribution in [-0.4, -0.2) is 74.3 Å². The molecular weight excluding hydrogens is 312 g/mol. The summed E-state index contributed by atoms with van der Waals surface area (Å²) in [5.41, 5.74) is 0. The zero-order valence-corrected chi connectivity index (χ0v) is 16.5. The van der Waals surface area contributed by atoms with Crippen molar-refractivity contribution >= 4 is 0 Å². The predicted molar refractivity (Wildman–Crippen MR) is 96.4 cm³/mol. The molecule has 0 rings (SSSR count). The second-order valence-corrected chi connectivity index (χ2v) is 5.95.